The molecule has 0 saturated heterocycles. The molecule has 0 aromatic heterocycles. The number of hydrogen-bond donors (Lipinski definition) is 2. The zero-order valence-electron chi connectivity index (χ0n) is 10.8. The molecule has 98 valence electrons. The molecule has 0 amide bonds. The van der Waals surface area contributed by atoms with Crippen molar-refractivity contribution in [1.82, 2.24) is 0 Å². The Balaban J connectivity index is 2.01. The van der Waals surface area contributed by atoms with Gasteiger partial charge in [0.1, 0.15) is 5.75 Å². The van der Waals surface area contributed by atoms with E-state index in [0.29, 0.717) is 13.0 Å². The predicted octanol–water partition coefficient (Wildman–Crippen LogP) is 3.44. The van der Waals surface area contributed by atoms with Crippen LogP contribution < -0.4 is 10.5 Å². The summed E-state index contributed by atoms with van der Waals surface area (Å²) in [6, 6.07) is 3.92. The number of amidine groups is 1. The summed E-state index contributed by atoms with van der Waals surface area (Å²) >= 11 is 6.12. The van der Waals surface area contributed by atoms with Crippen LogP contribution in [0, 0.1) is 24.7 Å². The fourth-order valence-corrected chi connectivity index (χ4v) is 2.29. The Kier molecular flexibility index (Phi) is 3.53. The molecule has 4 heteroatoms. The van der Waals surface area contributed by atoms with Gasteiger partial charge in [0.25, 0.3) is 0 Å². The molecule has 1 fully saturated rings. The van der Waals surface area contributed by atoms with E-state index in [1.54, 1.807) is 0 Å². The molecule has 3 nitrogen and oxygen atoms in total. The van der Waals surface area contributed by atoms with E-state index >= 15 is 0 Å². The minimum Gasteiger partial charge on any atom is -0.493 e. The molecule has 0 spiro atoms. The van der Waals surface area contributed by atoms with Crippen LogP contribution in [0.2, 0.25) is 5.02 Å². The highest BCUT2D eigenvalue weighted by Gasteiger charge is 2.44. The van der Waals surface area contributed by atoms with Gasteiger partial charge in [0.15, 0.2) is 0 Å². The molecule has 0 aliphatic heterocycles. The third kappa shape index (κ3) is 2.96. The maximum atomic E-state index is 7.37. The van der Waals surface area contributed by atoms with E-state index in [9.17, 15) is 0 Å². The molecular weight excluding hydrogens is 248 g/mol. The Morgan fingerprint density at radius 3 is 2.39 bits per heavy atom. The third-order valence-corrected chi connectivity index (χ3v) is 4.07. The molecule has 0 bridgehead atoms. The highest BCUT2D eigenvalue weighted by Crippen LogP contribution is 2.49. The Bertz CT molecular complexity index is 458. The number of aryl methyl sites for hydroxylation is 2. The van der Waals surface area contributed by atoms with Crippen LogP contribution in [0.3, 0.4) is 0 Å². The van der Waals surface area contributed by atoms with Crippen molar-refractivity contribution in [2.75, 3.05) is 6.61 Å². The van der Waals surface area contributed by atoms with Gasteiger partial charge in [-0.25, -0.2) is 0 Å². The van der Waals surface area contributed by atoms with E-state index < -0.39 is 0 Å². The van der Waals surface area contributed by atoms with E-state index in [-0.39, 0.29) is 11.3 Å². The molecule has 0 atom stereocenters. The van der Waals surface area contributed by atoms with Gasteiger partial charge in [0.05, 0.1) is 12.4 Å². The van der Waals surface area contributed by atoms with Gasteiger partial charge >= 0.3 is 0 Å². The van der Waals surface area contributed by atoms with Crippen LogP contribution in [0.5, 0.6) is 5.75 Å². The van der Waals surface area contributed by atoms with Crippen LogP contribution >= 0.6 is 11.6 Å². The molecule has 1 aromatic rings. The van der Waals surface area contributed by atoms with E-state index in [1.807, 2.05) is 26.0 Å². The molecular formula is C14H19ClN2O. The van der Waals surface area contributed by atoms with Gasteiger partial charge in [-0.15, -0.1) is 0 Å². The second-order valence-electron chi connectivity index (χ2n) is 5.36. The molecule has 1 aromatic carbocycles. The van der Waals surface area contributed by atoms with Crippen LogP contribution in [-0.2, 0) is 0 Å². The average Bonchev–Trinajstić information content (AvgIpc) is 3.02. The topological polar surface area (TPSA) is 59.1 Å². The predicted molar refractivity (Wildman–Crippen MR) is 74.6 cm³/mol. The fraction of sp³-hybridized carbons (Fsp3) is 0.500. The maximum Gasteiger partial charge on any atom is 0.119 e. The highest BCUT2D eigenvalue weighted by atomic mass is 35.5. The molecule has 0 radical (unpaired) electrons. The fourth-order valence-electron chi connectivity index (χ4n) is 2.18. The van der Waals surface area contributed by atoms with Gasteiger partial charge in [-0.2, -0.15) is 0 Å². The molecule has 0 heterocycles. The molecule has 1 aliphatic carbocycles. The Labute approximate surface area is 113 Å². The average molecular weight is 267 g/mol. The van der Waals surface area contributed by atoms with Gasteiger partial charge in [-0.1, -0.05) is 11.6 Å². The summed E-state index contributed by atoms with van der Waals surface area (Å²) in [5, 5.41) is 8.17. The summed E-state index contributed by atoms with van der Waals surface area (Å²) in [5.41, 5.74) is 7.63. The third-order valence-electron chi connectivity index (χ3n) is 3.48. The molecule has 18 heavy (non-hydrogen) atoms. The van der Waals surface area contributed by atoms with Crippen LogP contribution in [0.25, 0.3) is 0 Å². The summed E-state index contributed by atoms with van der Waals surface area (Å²) < 4.78 is 5.84. The smallest absolute Gasteiger partial charge is 0.119 e. The van der Waals surface area contributed by atoms with Gasteiger partial charge < -0.3 is 10.5 Å². The summed E-state index contributed by atoms with van der Waals surface area (Å²) in [5.74, 6) is 1.10. The van der Waals surface area contributed by atoms with Crippen molar-refractivity contribution in [3.63, 3.8) is 0 Å². The number of nitrogens with one attached hydrogen (secondary N) is 1. The van der Waals surface area contributed by atoms with Crippen molar-refractivity contribution in [3.05, 3.63) is 28.3 Å². The molecule has 0 unspecified atom stereocenters. The second-order valence-corrected chi connectivity index (χ2v) is 5.74. The normalized spacial score (nSPS) is 16.4. The zero-order chi connectivity index (χ0) is 13.3. The number of rotatable bonds is 5. The Hall–Kier alpha value is -1.22. The lowest BCUT2D eigenvalue weighted by atomic mass is 10.0. The minimum absolute atomic E-state index is 0.104. The number of nitrogens with two attached hydrogens (primary N) is 1. The van der Waals surface area contributed by atoms with Crippen LogP contribution in [0.15, 0.2) is 12.1 Å². The molecule has 3 N–H and O–H groups in total. The Morgan fingerprint density at radius 1 is 1.39 bits per heavy atom. The standard InChI is InChI=1S/C14H19ClN2O/c1-9-5-11(6-10(2)13(9)15)18-8-14(3-4-14)7-12(16)17/h5-6H,3-4,7-8H2,1-2H3,(H3,16,17). The molecule has 2 rings (SSSR count). The summed E-state index contributed by atoms with van der Waals surface area (Å²) in [4.78, 5) is 0. The highest BCUT2D eigenvalue weighted by molar-refractivity contribution is 6.32. The lowest BCUT2D eigenvalue weighted by Crippen LogP contribution is -2.21. The van der Waals surface area contributed by atoms with Crippen LogP contribution in [0.1, 0.15) is 30.4 Å². The van der Waals surface area contributed by atoms with Crippen molar-refractivity contribution in [1.29, 1.82) is 5.41 Å². The van der Waals surface area contributed by atoms with E-state index in [1.165, 1.54) is 0 Å². The number of halogens is 1. The van der Waals surface area contributed by atoms with E-state index in [2.05, 4.69) is 0 Å². The van der Waals surface area contributed by atoms with Crippen LogP contribution in [-0.4, -0.2) is 12.4 Å². The maximum absolute atomic E-state index is 7.37. The Morgan fingerprint density at radius 2 is 1.94 bits per heavy atom. The minimum atomic E-state index is 0.104. The first-order valence-electron chi connectivity index (χ1n) is 6.14. The van der Waals surface area contributed by atoms with Crippen molar-refractivity contribution in [2.24, 2.45) is 11.1 Å². The van der Waals surface area contributed by atoms with Crippen molar-refractivity contribution in [2.45, 2.75) is 33.1 Å². The van der Waals surface area contributed by atoms with Gasteiger partial charge in [-0.3, -0.25) is 5.41 Å². The summed E-state index contributed by atoms with van der Waals surface area (Å²) in [6.07, 6.45) is 2.83. The van der Waals surface area contributed by atoms with E-state index in [4.69, 9.17) is 27.5 Å². The van der Waals surface area contributed by atoms with Gasteiger partial charge in [-0.05, 0) is 49.9 Å². The number of hydrogen-bond acceptors (Lipinski definition) is 2. The second kappa shape index (κ2) is 4.81. The number of ether oxygens (including phenoxy) is 1. The van der Waals surface area contributed by atoms with Crippen molar-refractivity contribution >= 4 is 17.4 Å². The van der Waals surface area contributed by atoms with Crippen LogP contribution in [0.4, 0.5) is 0 Å². The monoisotopic (exact) mass is 266 g/mol. The first-order chi connectivity index (χ1) is 8.42. The van der Waals surface area contributed by atoms with Gasteiger partial charge in [0.2, 0.25) is 0 Å². The summed E-state index contributed by atoms with van der Waals surface area (Å²) in [7, 11) is 0. The molecule has 1 aliphatic rings. The first kappa shape index (κ1) is 13.2. The zero-order valence-corrected chi connectivity index (χ0v) is 11.6. The lowest BCUT2D eigenvalue weighted by Gasteiger charge is -2.16. The van der Waals surface area contributed by atoms with Gasteiger partial charge in [0, 0.05) is 16.9 Å². The summed E-state index contributed by atoms with van der Waals surface area (Å²) in [6.45, 7) is 4.59. The van der Waals surface area contributed by atoms with Crippen molar-refractivity contribution in [3.8, 4) is 5.75 Å². The number of benzene rings is 1. The largest absolute Gasteiger partial charge is 0.493 e. The lowest BCUT2D eigenvalue weighted by molar-refractivity contribution is 0.238. The van der Waals surface area contributed by atoms with Crippen molar-refractivity contribution < 1.29 is 4.74 Å². The molecule has 1 saturated carbocycles. The SMILES string of the molecule is Cc1cc(OCC2(CC(=N)N)CC2)cc(C)c1Cl. The first-order valence-corrected chi connectivity index (χ1v) is 6.52. The van der Waals surface area contributed by atoms with E-state index in [0.717, 1.165) is 34.7 Å². The quantitative estimate of drug-likeness (QED) is 0.633.